The molecule has 1 nitrogen and oxygen atoms in total. The fourth-order valence-corrected chi connectivity index (χ4v) is 11.1. The Morgan fingerprint density at radius 2 is 1.20 bits per heavy atom. The summed E-state index contributed by atoms with van der Waals surface area (Å²) in [5.74, 6) is 0. The smallest absolute Gasteiger partial charge is 0.0464 e. The standard InChI is InChI=1S/C59H57N/c1-9-18-50(41(4)49-22-13-11-19-40(49)3)48(10-2)43-27-31-45(32-28-43)60(46-33-29-44(30-34-46)52-24-17-21-42-20-12-14-23-51(42)52)47-35-36-55-56(37-47)58(7,8)39-59(55)38-57(5,6)53-25-15-16-26-54(53)59/h10-17,19-37H,2,4,9,18,38-39H2,1,3,5-8H3/b50-48+. The number of anilines is 3. The summed E-state index contributed by atoms with van der Waals surface area (Å²) in [6.45, 7) is 23.2. The number of aryl methyl sites for hydroxylation is 1. The Labute approximate surface area is 358 Å². The largest absolute Gasteiger partial charge is 0.310 e. The van der Waals surface area contributed by atoms with Crippen LogP contribution in [0.5, 0.6) is 0 Å². The Bertz CT molecular complexity index is 2800. The van der Waals surface area contributed by atoms with Gasteiger partial charge in [-0.15, -0.1) is 0 Å². The van der Waals surface area contributed by atoms with Gasteiger partial charge in [0, 0.05) is 22.5 Å². The van der Waals surface area contributed by atoms with Crippen LogP contribution < -0.4 is 4.90 Å². The highest BCUT2D eigenvalue weighted by Crippen LogP contribution is 2.63. The van der Waals surface area contributed by atoms with Gasteiger partial charge in [-0.2, -0.15) is 0 Å². The molecule has 0 aromatic heterocycles. The summed E-state index contributed by atoms with van der Waals surface area (Å²) >= 11 is 0. The maximum Gasteiger partial charge on any atom is 0.0464 e. The number of fused-ring (bicyclic) bond motifs is 5. The Morgan fingerprint density at radius 1 is 0.617 bits per heavy atom. The van der Waals surface area contributed by atoms with E-state index in [0.29, 0.717) is 0 Å². The van der Waals surface area contributed by atoms with E-state index in [1.807, 2.05) is 6.08 Å². The molecule has 0 amide bonds. The molecule has 0 radical (unpaired) electrons. The summed E-state index contributed by atoms with van der Waals surface area (Å²) in [7, 11) is 0. The van der Waals surface area contributed by atoms with Crippen LogP contribution in [-0.2, 0) is 16.2 Å². The van der Waals surface area contributed by atoms with E-state index in [4.69, 9.17) is 0 Å². The number of rotatable bonds is 10. The number of benzene rings is 7. The lowest BCUT2D eigenvalue weighted by atomic mass is 9.72. The van der Waals surface area contributed by atoms with Crippen LogP contribution >= 0.6 is 0 Å². The summed E-state index contributed by atoms with van der Waals surface area (Å²) in [6, 6.07) is 58.7. The van der Waals surface area contributed by atoms with Crippen molar-refractivity contribution >= 4 is 39.0 Å². The van der Waals surface area contributed by atoms with Gasteiger partial charge in [-0.25, -0.2) is 0 Å². The summed E-state index contributed by atoms with van der Waals surface area (Å²) < 4.78 is 0. The molecule has 1 atom stereocenters. The van der Waals surface area contributed by atoms with E-state index in [2.05, 4.69) is 217 Å². The quantitative estimate of drug-likeness (QED) is 0.125. The lowest BCUT2D eigenvalue weighted by Gasteiger charge is -2.30. The molecule has 7 aromatic rings. The van der Waals surface area contributed by atoms with Crippen molar-refractivity contribution in [2.45, 2.75) is 83.5 Å². The predicted molar refractivity (Wildman–Crippen MR) is 259 cm³/mol. The van der Waals surface area contributed by atoms with Crippen molar-refractivity contribution in [3.63, 3.8) is 0 Å². The number of allylic oxidation sites excluding steroid dienone is 4. The molecule has 0 fully saturated rings. The third-order valence-corrected chi connectivity index (χ3v) is 13.7. The fourth-order valence-electron chi connectivity index (χ4n) is 11.1. The highest BCUT2D eigenvalue weighted by atomic mass is 15.1. The topological polar surface area (TPSA) is 3.24 Å². The van der Waals surface area contributed by atoms with Crippen LogP contribution in [0.3, 0.4) is 0 Å². The third kappa shape index (κ3) is 6.56. The molecule has 9 rings (SSSR count). The van der Waals surface area contributed by atoms with Gasteiger partial charge >= 0.3 is 0 Å². The first-order chi connectivity index (χ1) is 29.0. The minimum Gasteiger partial charge on any atom is -0.310 e. The van der Waals surface area contributed by atoms with Gasteiger partial charge in [0.05, 0.1) is 0 Å². The van der Waals surface area contributed by atoms with Gasteiger partial charge in [0.2, 0.25) is 0 Å². The lowest BCUT2D eigenvalue weighted by Crippen LogP contribution is -2.26. The van der Waals surface area contributed by atoms with Crippen LogP contribution in [0.25, 0.3) is 33.0 Å². The van der Waals surface area contributed by atoms with E-state index >= 15 is 0 Å². The van der Waals surface area contributed by atoms with E-state index in [1.165, 1.54) is 66.5 Å². The first-order valence-electron chi connectivity index (χ1n) is 21.8. The van der Waals surface area contributed by atoms with Crippen molar-refractivity contribution in [2.24, 2.45) is 0 Å². The lowest BCUT2D eigenvalue weighted by molar-refractivity contribution is 0.349. The minimum absolute atomic E-state index is 0.00542. The van der Waals surface area contributed by atoms with Crippen LogP contribution in [0.1, 0.15) is 99.2 Å². The molecule has 1 spiro atoms. The molecule has 298 valence electrons. The van der Waals surface area contributed by atoms with Crippen molar-refractivity contribution in [2.75, 3.05) is 4.90 Å². The molecule has 0 N–H and O–H groups in total. The van der Waals surface area contributed by atoms with E-state index in [0.717, 1.165) is 53.8 Å². The Balaban J connectivity index is 1.17. The SMILES string of the molecule is C=C/C(=C(/CCC)C(=C)c1ccccc1C)c1ccc(N(c2ccc(-c3cccc4ccccc34)cc2)c2ccc3c(c2)C(C)(C)CC32CC(C)(C)c3ccccc32)cc1. The zero-order chi connectivity index (χ0) is 41.8. The summed E-state index contributed by atoms with van der Waals surface area (Å²) in [5, 5.41) is 2.52. The van der Waals surface area contributed by atoms with E-state index < -0.39 is 0 Å². The van der Waals surface area contributed by atoms with Crippen molar-refractivity contribution in [1.82, 2.24) is 0 Å². The molecule has 0 bridgehead atoms. The number of hydrogen-bond acceptors (Lipinski definition) is 1. The van der Waals surface area contributed by atoms with Gasteiger partial charge in [0.25, 0.3) is 0 Å². The second-order valence-electron chi connectivity index (χ2n) is 18.6. The number of nitrogens with zero attached hydrogens (tertiary/aromatic N) is 1. The number of hydrogen-bond donors (Lipinski definition) is 0. The van der Waals surface area contributed by atoms with Crippen LogP contribution in [0.4, 0.5) is 17.1 Å². The van der Waals surface area contributed by atoms with E-state index in [-0.39, 0.29) is 16.2 Å². The van der Waals surface area contributed by atoms with Crippen LogP contribution in [0.2, 0.25) is 0 Å². The van der Waals surface area contributed by atoms with E-state index in [9.17, 15) is 0 Å². The van der Waals surface area contributed by atoms with Crippen LogP contribution in [-0.4, -0.2) is 0 Å². The molecule has 0 heterocycles. The second-order valence-corrected chi connectivity index (χ2v) is 18.6. The molecule has 0 saturated carbocycles. The first-order valence-corrected chi connectivity index (χ1v) is 21.8. The molecular weight excluding hydrogens is 723 g/mol. The second kappa shape index (κ2) is 15.1. The zero-order valence-corrected chi connectivity index (χ0v) is 36.3. The maximum atomic E-state index is 4.64. The molecule has 7 aromatic carbocycles. The highest BCUT2D eigenvalue weighted by Gasteiger charge is 2.56. The van der Waals surface area contributed by atoms with Gasteiger partial charge in [-0.3, -0.25) is 0 Å². The Kier molecular flexibility index (Phi) is 9.91. The highest BCUT2D eigenvalue weighted by molar-refractivity contribution is 5.97. The predicted octanol–water partition coefficient (Wildman–Crippen LogP) is 16.4. The van der Waals surface area contributed by atoms with Crippen molar-refractivity contribution in [1.29, 1.82) is 0 Å². The Morgan fingerprint density at radius 3 is 1.90 bits per heavy atom. The summed E-state index contributed by atoms with van der Waals surface area (Å²) in [5.41, 5.74) is 19.0. The molecule has 0 aliphatic heterocycles. The maximum absolute atomic E-state index is 4.64. The third-order valence-electron chi connectivity index (χ3n) is 13.7. The van der Waals surface area contributed by atoms with Crippen LogP contribution in [0, 0.1) is 6.92 Å². The molecule has 2 aliphatic rings. The monoisotopic (exact) mass is 779 g/mol. The van der Waals surface area contributed by atoms with Gasteiger partial charge < -0.3 is 4.90 Å². The Hall–Kier alpha value is -6.18. The average molecular weight is 780 g/mol. The van der Waals surface area contributed by atoms with Gasteiger partial charge in [-0.05, 0) is 151 Å². The van der Waals surface area contributed by atoms with Gasteiger partial charge in [-0.1, -0.05) is 182 Å². The van der Waals surface area contributed by atoms with Crippen molar-refractivity contribution < 1.29 is 0 Å². The molecular formula is C59H57N. The van der Waals surface area contributed by atoms with Crippen molar-refractivity contribution in [3.05, 3.63) is 221 Å². The summed E-state index contributed by atoms with van der Waals surface area (Å²) in [6.07, 6.45) is 6.22. The average Bonchev–Trinajstić information content (AvgIpc) is 3.63. The van der Waals surface area contributed by atoms with Gasteiger partial charge in [0.1, 0.15) is 0 Å². The normalized spacial score (nSPS) is 17.6. The molecule has 60 heavy (non-hydrogen) atoms. The zero-order valence-electron chi connectivity index (χ0n) is 36.3. The molecule has 2 aliphatic carbocycles. The first kappa shape index (κ1) is 39.3. The minimum atomic E-state index is 0.00542. The van der Waals surface area contributed by atoms with Crippen molar-refractivity contribution in [3.8, 4) is 11.1 Å². The van der Waals surface area contributed by atoms with E-state index in [1.54, 1.807) is 0 Å². The molecule has 1 heteroatoms. The molecule has 1 unspecified atom stereocenters. The molecule has 0 saturated heterocycles. The summed E-state index contributed by atoms with van der Waals surface area (Å²) in [4.78, 5) is 2.45. The van der Waals surface area contributed by atoms with Crippen LogP contribution in [0.15, 0.2) is 183 Å². The fraction of sp³-hybridized carbons (Fsp3) is 0.220. The van der Waals surface area contributed by atoms with Gasteiger partial charge in [0.15, 0.2) is 0 Å².